The average Bonchev–Trinajstić information content (AvgIpc) is 2.20. The van der Waals surface area contributed by atoms with Crippen molar-refractivity contribution in [3.63, 3.8) is 0 Å². The van der Waals surface area contributed by atoms with E-state index in [1.807, 2.05) is 12.3 Å². The summed E-state index contributed by atoms with van der Waals surface area (Å²) in [6.45, 7) is 6.38. The van der Waals surface area contributed by atoms with Gasteiger partial charge in [0.2, 0.25) is 0 Å². The van der Waals surface area contributed by atoms with Crippen LogP contribution in [0.4, 0.5) is 0 Å². The average molecular weight is 197 g/mol. The van der Waals surface area contributed by atoms with Gasteiger partial charge in [0.15, 0.2) is 0 Å². The molecule has 15 heavy (non-hydrogen) atoms. The van der Waals surface area contributed by atoms with E-state index in [0.717, 1.165) is 5.69 Å². The van der Waals surface area contributed by atoms with E-state index in [2.05, 4.69) is 50.0 Å². The zero-order valence-corrected chi connectivity index (χ0v) is 9.41. The standard InChI is InChI=1S/C14H15N/c1-10-6-4-7-11(2)13(10)14-12(3)8-5-9-15-14/h4-9H,1-3H3. The molecule has 0 saturated carbocycles. The van der Waals surface area contributed by atoms with Crippen molar-refractivity contribution < 1.29 is 0 Å². The fraction of sp³-hybridized carbons (Fsp3) is 0.214. The van der Waals surface area contributed by atoms with E-state index in [9.17, 15) is 0 Å². The third kappa shape index (κ3) is 1.78. The van der Waals surface area contributed by atoms with Crippen LogP contribution in [0.1, 0.15) is 16.7 Å². The molecule has 1 nitrogen and oxygen atoms in total. The molecule has 0 spiro atoms. The minimum absolute atomic E-state index is 1.10. The Bertz CT molecular complexity index is 466. The Morgan fingerprint density at radius 3 is 2.00 bits per heavy atom. The lowest BCUT2D eigenvalue weighted by atomic mass is 9.97. The molecule has 0 aliphatic carbocycles. The summed E-state index contributed by atoms with van der Waals surface area (Å²) in [6, 6.07) is 10.4. The van der Waals surface area contributed by atoms with Crippen LogP contribution in [0.3, 0.4) is 0 Å². The van der Waals surface area contributed by atoms with Gasteiger partial charge in [-0.25, -0.2) is 0 Å². The lowest BCUT2D eigenvalue weighted by Gasteiger charge is -2.10. The number of hydrogen-bond donors (Lipinski definition) is 0. The first kappa shape index (κ1) is 9.91. The molecule has 1 heteroatoms. The van der Waals surface area contributed by atoms with Crippen LogP contribution in [-0.2, 0) is 0 Å². The molecule has 0 radical (unpaired) electrons. The maximum atomic E-state index is 4.47. The summed E-state index contributed by atoms with van der Waals surface area (Å²) < 4.78 is 0. The number of aryl methyl sites for hydroxylation is 3. The summed E-state index contributed by atoms with van der Waals surface area (Å²) in [6.07, 6.45) is 1.86. The molecular formula is C14H15N. The summed E-state index contributed by atoms with van der Waals surface area (Å²) >= 11 is 0. The highest BCUT2D eigenvalue weighted by Crippen LogP contribution is 2.27. The van der Waals surface area contributed by atoms with E-state index in [0.29, 0.717) is 0 Å². The third-order valence-electron chi connectivity index (χ3n) is 2.73. The van der Waals surface area contributed by atoms with Gasteiger partial charge < -0.3 is 0 Å². The van der Waals surface area contributed by atoms with Crippen LogP contribution in [0, 0.1) is 20.8 Å². The van der Waals surface area contributed by atoms with E-state index < -0.39 is 0 Å². The van der Waals surface area contributed by atoms with Gasteiger partial charge in [0, 0.05) is 11.8 Å². The van der Waals surface area contributed by atoms with Crippen molar-refractivity contribution in [2.75, 3.05) is 0 Å². The van der Waals surface area contributed by atoms with Crippen LogP contribution in [0.25, 0.3) is 11.3 Å². The molecule has 0 fully saturated rings. The molecule has 1 aromatic heterocycles. The minimum atomic E-state index is 1.10. The maximum Gasteiger partial charge on any atom is 0.0736 e. The first-order valence-corrected chi connectivity index (χ1v) is 5.18. The molecule has 2 aromatic rings. The number of benzene rings is 1. The van der Waals surface area contributed by atoms with E-state index in [1.54, 1.807) is 0 Å². The molecule has 2 rings (SSSR count). The lowest BCUT2D eigenvalue weighted by Crippen LogP contribution is -1.93. The summed E-state index contributed by atoms with van der Waals surface area (Å²) in [7, 11) is 0. The first-order valence-electron chi connectivity index (χ1n) is 5.18. The van der Waals surface area contributed by atoms with Gasteiger partial charge >= 0.3 is 0 Å². The molecule has 0 aliphatic rings. The number of pyridine rings is 1. The van der Waals surface area contributed by atoms with Crippen molar-refractivity contribution in [3.05, 3.63) is 53.2 Å². The molecule has 0 saturated heterocycles. The highest BCUT2D eigenvalue weighted by Gasteiger charge is 2.08. The number of rotatable bonds is 1. The van der Waals surface area contributed by atoms with E-state index in [1.165, 1.54) is 22.3 Å². The summed E-state index contributed by atoms with van der Waals surface area (Å²) in [5.74, 6) is 0. The molecule has 0 bridgehead atoms. The Hall–Kier alpha value is -1.63. The Kier molecular flexibility index (Phi) is 2.55. The maximum absolute atomic E-state index is 4.47. The van der Waals surface area contributed by atoms with Crippen molar-refractivity contribution >= 4 is 0 Å². The lowest BCUT2D eigenvalue weighted by molar-refractivity contribution is 1.24. The van der Waals surface area contributed by atoms with E-state index in [4.69, 9.17) is 0 Å². The molecule has 0 amide bonds. The highest BCUT2D eigenvalue weighted by atomic mass is 14.7. The van der Waals surface area contributed by atoms with Crippen molar-refractivity contribution in [3.8, 4) is 11.3 Å². The molecule has 0 aliphatic heterocycles. The predicted octanol–water partition coefficient (Wildman–Crippen LogP) is 3.67. The Balaban J connectivity index is 2.69. The smallest absolute Gasteiger partial charge is 0.0736 e. The fourth-order valence-corrected chi connectivity index (χ4v) is 1.94. The van der Waals surface area contributed by atoms with Crippen LogP contribution < -0.4 is 0 Å². The Labute approximate surface area is 90.8 Å². The predicted molar refractivity (Wildman–Crippen MR) is 63.9 cm³/mol. The normalized spacial score (nSPS) is 10.3. The van der Waals surface area contributed by atoms with Crippen LogP contribution in [0.2, 0.25) is 0 Å². The van der Waals surface area contributed by atoms with Crippen LogP contribution >= 0.6 is 0 Å². The van der Waals surface area contributed by atoms with Gasteiger partial charge in [-0.05, 0) is 43.5 Å². The van der Waals surface area contributed by atoms with Crippen molar-refractivity contribution in [2.24, 2.45) is 0 Å². The highest BCUT2D eigenvalue weighted by molar-refractivity contribution is 5.69. The molecule has 0 atom stereocenters. The fourth-order valence-electron chi connectivity index (χ4n) is 1.94. The second-order valence-corrected chi connectivity index (χ2v) is 3.94. The van der Waals surface area contributed by atoms with Gasteiger partial charge in [0.1, 0.15) is 0 Å². The number of aromatic nitrogens is 1. The topological polar surface area (TPSA) is 12.9 Å². The summed E-state index contributed by atoms with van der Waals surface area (Å²) in [5.41, 5.74) is 6.19. The second-order valence-electron chi connectivity index (χ2n) is 3.94. The minimum Gasteiger partial charge on any atom is -0.256 e. The van der Waals surface area contributed by atoms with Crippen LogP contribution in [0.15, 0.2) is 36.5 Å². The van der Waals surface area contributed by atoms with Gasteiger partial charge in [-0.1, -0.05) is 24.3 Å². The molecular weight excluding hydrogens is 182 g/mol. The monoisotopic (exact) mass is 197 g/mol. The van der Waals surface area contributed by atoms with Gasteiger partial charge in [0.25, 0.3) is 0 Å². The first-order chi connectivity index (χ1) is 7.20. The Morgan fingerprint density at radius 1 is 0.800 bits per heavy atom. The molecule has 1 aromatic carbocycles. The molecule has 0 unspecified atom stereocenters. The zero-order chi connectivity index (χ0) is 10.8. The third-order valence-corrected chi connectivity index (χ3v) is 2.73. The second kappa shape index (κ2) is 3.85. The number of nitrogens with zero attached hydrogens (tertiary/aromatic N) is 1. The Morgan fingerprint density at radius 2 is 1.40 bits per heavy atom. The zero-order valence-electron chi connectivity index (χ0n) is 9.41. The quantitative estimate of drug-likeness (QED) is 0.679. The van der Waals surface area contributed by atoms with Gasteiger partial charge in [-0.3, -0.25) is 4.98 Å². The van der Waals surface area contributed by atoms with Crippen molar-refractivity contribution in [1.29, 1.82) is 0 Å². The SMILES string of the molecule is Cc1cccnc1-c1c(C)cccc1C. The van der Waals surface area contributed by atoms with E-state index >= 15 is 0 Å². The van der Waals surface area contributed by atoms with Crippen molar-refractivity contribution in [1.82, 2.24) is 4.98 Å². The summed E-state index contributed by atoms with van der Waals surface area (Å²) in [4.78, 5) is 4.47. The van der Waals surface area contributed by atoms with Crippen molar-refractivity contribution in [2.45, 2.75) is 20.8 Å². The van der Waals surface area contributed by atoms with Gasteiger partial charge in [-0.15, -0.1) is 0 Å². The molecule has 1 heterocycles. The van der Waals surface area contributed by atoms with Crippen LogP contribution in [-0.4, -0.2) is 4.98 Å². The summed E-state index contributed by atoms with van der Waals surface area (Å²) in [5, 5.41) is 0. The van der Waals surface area contributed by atoms with Gasteiger partial charge in [0.05, 0.1) is 5.69 Å². The van der Waals surface area contributed by atoms with Crippen LogP contribution in [0.5, 0.6) is 0 Å². The van der Waals surface area contributed by atoms with Gasteiger partial charge in [-0.2, -0.15) is 0 Å². The molecule has 76 valence electrons. The largest absolute Gasteiger partial charge is 0.256 e. The number of hydrogen-bond acceptors (Lipinski definition) is 1. The molecule has 0 N–H and O–H groups in total. The van der Waals surface area contributed by atoms with E-state index in [-0.39, 0.29) is 0 Å².